The molecule has 0 unspecified atom stereocenters. The predicted octanol–water partition coefficient (Wildman–Crippen LogP) is 0.268. The Morgan fingerprint density at radius 3 is 2.00 bits per heavy atom. The Balaban J connectivity index is 3.17. The second-order valence-electron chi connectivity index (χ2n) is 3.57. The average Bonchev–Trinajstić information content (AvgIpc) is 2.60. The van der Waals surface area contributed by atoms with Crippen LogP contribution in [0.2, 0.25) is 0 Å². The van der Waals surface area contributed by atoms with E-state index in [4.69, 9.17) is 15.3 Å². The zero-order valence-corrected chi connectivity index (χ0v) is 10.3. The quantitative estimate of drug-likeness (QED) is 0.648. The molecule has 0 aliphatic heterocycles. The van der Waals surface area contributed by atoms with Gasteiger partial charge < -0.3 is 15.3 Å². The topological polar surface area (TPSA) is 109 Å². The van der Waals surface area contributed by atoms with Gasteiger partial charge in [0.2, 0.25) is 11.8 Å². The number of hydrogen-bond acceptors (Lipinski definition) is 6. The van der Waals surface area contributed by atoms with Crippen LogP contribution in [0.25, 0.3) is 0 Å². The Morgan fingerprint density at radius 2 is 1.60 bits per heavy atom. The van der Waals surface area contributed by atoms with E-state index in [1.807, 2.05) is 0 Å². The van der Waals surface area contributed by atoms with Crippen molar-refractivity contribution in [1.82, 2.24) is 4.73 Å². The molecule has 0 aliphatic carbocycles. The van der Waals surface area contributed by atoms with Crippen molar-refractivity contribution in [3.63, 3.8) is 0 Å². The molecule has 0 aliphatic rings. The summed E-state index contributed by atoms with van der Waals surface area (Å²) in [6.07, 6.45) is -1.83. The third-order valence-electron chi connectivity index (χ3n) is 2.14. The average molecular weight is 323 g/mol. The van der Waals surface area contributed by atoms with Crippen molar-refractivity contribution in [2.45, 2.75) is 17.6 Å². The molecular weight excluding hydrogens is 314 g/mol. The lowest BCUT2D eigenvalue weighted by Gasteiger charge is -2.24. The van der Waals surface area contributed by atoms with Crippen molar-refractivity contribution in [3.8, 4) is 11.8 Å². The maximum absolute atomic E-state index is 13.3. The Bertz CT molecular complexity index is 564. The van der Waals surface area contributed by atoms with Gasteiger partial charge in [-0.15, -0.1) is 0 Å². The van der Waals surface area contributed by atoms with Gasteiger partial charge in [-0.2, -0.15) is 26.0 Å². The van der Waals surface area contributed by atoms with E-state index in [2.05, 4.69) is 4.28 Å². The molecule has 0 fully saturated rings. The van der Waals surface area contributed by atoms with Crippen LogP contribution >= 0.6 is 0 Å². The van der Waals surface area contributed by atoms with Crippen LogP contribution in [0.1, 0.15) is 6.42 Å². The fourth-order valence-corrected chi connectivity index (χ4v) is 2.00. The van der Waals surface area contributed by atoms with E-state index in [9.17, 15) is 26.0 Å². The summed E-state index contributed by atoms with van der Waals surface area (Å²) in [6, 6.07) is 1.35. The van der Waals surface area contributed by atoms with Crippen LogP contribution in [0.3, 0.4) is 0 Å². The SMILES string of the molecule is O=S(=O)(On1c(O)ccc1O)C(F)(F)C(F)(F)CCO. The van der Waals surface area contributed by atoms with Gasteiger partial charge in [-0.1, -0.05) is 4.73 Å². The number of aliphatic hydroxyl groups is 1. The summed E-state index contributed by atoms with van der Waals surface area (Å²) < 4.78 is 78.1. The van der Waals surface area contributed by atoms with Gasteiger partial charge in [0.05, 0.1) is 0 Å². The van der Waals surface area contributed by atoms with E-state index in [1.54, 1.807) is 0 Å². The number of halogens is 4. The molecule has 1 rings (SSSR count). The fourth-order valence-electron chi connectivity index (χ4n) is 1.09. The van der Waals surface area contributed by atoms with Gasteiger partial charge in [-0.3, -0.25) is 4.28 Å². The normalized spacial score (nSPS) is 13.4. The number of aromatic hydroxyl groups is 2. The molecule has 0 spiro atoms. The van der Waals surface area contributed by atoms with Gasteiger partial charge in [0, 0.05) is 25.2 Å². The van der Waals surface area contributed by atoms with E-state index in [-0.39, 0.29) is 4.73 Å². The Kier molecular flexibility index (Phi) is 4.10. The summed E-state index contributed by atoms with van der Waals surface area (Å²) in [5.41, 5.74) is 0. The molecule has 1 aromatic rings. The molecule has 0 aromatic carbocycles. The van der Waals surface area contributed by atoms with Gasteiger partial charge in [-0.05, 0) is 0 Å². The highest BCUT2D eigenvalue weighted by atomic mass is 32.2. The number of aliphatic hydroxyl groups excluding tert-OH is 1. The summed E-state index contributed by atoms with van der Waals surface area (Å²) in [7, 11) is -6.26. The molecule has 0 bridgehead atoms. The second kappa shape index (κ2) is 5.01. The van der Waals surface area contributed by atoms with E-state index < -0.39 is 46.1 Å². The molecule has 1 aromatic heterocycles. The smallest absolute Gasteiger partial charge is 0.444 e. The molecule has 0 atom stereocenters. The van der Waals surface area contributed by atoms with Crippen LogP contribution in [-0.4, -0.2) is 46.3 Å². The largest absolute Gasteiger partial charge is 0.492 e. The molecule has 0 saturated heterocycles. The predicted molar refractivity (Wildman–Crippen MR) is 54.9 cm³/mol. The number of aromatic nitrogens is 1. The highest BCUT2D eigenvalue weighted by Gasteiger charge is 2.67. The van der Waals surface area contributed by atoms with Crippen LogP contribution in [0, 0.1) is 0 Å². The molecule has 116 valence electrons. The minimum absolute atomic E-state index is 0.377. The zero-order valence-electron chi connectivity index (χ0n) is 9.50. The van der Waals surface area contributed by atoms with Crippen LogP contribution in [-0.2, 0) is 10.1 Å². The summed E-state index contributed by atoms with van der Waals surface area (Å²) in [5.74, 6) is -7.32. The van der Waals surface area contributed by atoms with Crippen molar-refractivity contribution < 1.29 is 45.6 Å². The summed E-state index contributed by atoms with van der Waals surface area (Å²) in [5, 5.41) is 20.6. The van der Waals surface area contributed by atoms with Gasteiger partial charge in [0.1, 0.15) is 0 Å². The minimum Gasteiger partial charge on any atom is -0.492 e. The molecule has 0 amide bonds. The maximum Gasteiger partial charge on any atom is 0.444 e. The van der Waals surface area contributed by atoms with Crippen molar-refractivity contribution in [3.05, 3.63) is 12.1 Å². The lowest BCUT2D eigenvalue weighted by molar-refractivity contribution is -0.169. The van der Waals surface area contributed by atoms with Crippen molar-refractivity contribution in [1.29, 1.82) is 0 Å². The lowest BCUT2D eigenvalue weighted by atomic mass is 10.2. The minimum atomic E-state index is -6.26. The standard InChI is InChI=1S/C8H9F4NO6S/c9-7(10,3-4-14)8(11,12)20(17,18)19-13-5(15)1-2-6(13)16/h1-2,14-16H,3-4H2. The van der Waals surface area contributed by atoms with Gasteiger partial charge in [0.25, 0.3) is 0 Å². The van der Waals surface area contributed by atoms with E-state index >= 15 is 0 Å². The molecule has 7 nitrogen and oxygen atoms in total. The number of nitrogens with zero attached hydrogens (tertiary/aromatic N) is 1. The Labute approximate surface area is 109 Å². The summed E-state index contributed by atoms with van der Waals surface area (Å²) >= 11 is 0. The first-order valence-corrected chi connectivity index (χ1v) is 6.28. The lowest BCUT2D eigenvalue weighted by Crippen LogP contribution is -2.50. The molecule has 0 radical (unpaired) electrons. The molecule has 20 heavy (non-hydrogen) atoms. The third kappa shape index (κ3) is 2.60. The Hall–Kier alpha value is -1.69. The third-order valence-corrected chi connectivity index (χ3v) is 3.41. The maximum atomic E-state index is 13.3. The van der Waals surface area contributed by atoms with Crippen LogP contribution in [0.4, 0.5) is 17.6 Å². The second-order valence-corrected chi connectivity index (χ2v) is 5.14. The highest BCUT2D eigenvalue weighted by molar-refractivity contribution is 7.88. The van der Waals surface area contributed by atoms with Crippen LogP contribution in [0.15, 0.2) is 12.1 Å². The molecule has 0 saturated carbocycles. The Morgan fingerprint density at radius 1 is 1.15 bits per heavy atom. The van der Waals surface area contributed by atoms with Gasteiger partial charge >= 0.3 is 21.3 Å². The van der Waals surface area contributed by atoms with E-state index in [1.165, 1.54) is 0 Å². The number of hydrogen-bond donors (Lipinski definition) is 3. The summed E-state index contributed by atoms with van der Waals surface area (Å²) in [4.78, 5) is 0. The van der Waals surface area contributed by atoms with Crippen LogP contribution in [0.5, 0.6) is 11.8 Å². The summed E-state index contributed by atoms with van der Waals surface area (Å²) in [6.45, 7) is -1.39. The van der Waals surface area contributed by atoms with Gasteiger partial charge in [0.15, 0.2) is 0 Å². The van der Waals surface area contributed by atoms with Gasteiger partial charge in [-0.25, -0.2) is 0 Å². The zero-order chi connectivity index (χ0) is 15.8. The van der Waals surface area contributed by atoms with Crippen molar-refractivity contribution >= 4 is 10.1 Å². The first-order chi connectivity index (χ1) is 8.96. The molecular formula is C8H9F4NO6S. The fraction of sp³-hybridized carbons (Fsp3) is 0.500. The van der Waals surface area contributed by atoms with Crippen LogP contribution < -0.4 is 4.28 Å². The van der Waals surface area contributed by atoms with Crippen molar-refractivity contribution in [2.75, 3.05) is 6.61 Å². The monoisotopic (exact) mass is 323 g/mol. The van der Waals surface area contributed by atoms with E-state index in [0.717, 1.165) is 0 Å². The number of alkyl halides is 4. The number of rotatable bonds is 6. The van der Waals surface area contributed by atoms with Crippen molar-refractivity contribution in [2.24, 2.45) is 0 Å². The first-order valence-electron chi connectivity index (χ1n) is 4.87. The first kappa shape index (κ1) is 16.4. The highest BCUT2D eigenvalue weighted by Crippen LogP contribution is 2.41. The molecule has 3 N–H and O–H groups in total. The molecule has 12 heteroatoms. The van der Waals surface area contributed by atoms with E-state index in [0.29, 0.717) is 12.1 Å². The molecule has 1 heterocycles.